The van der Waals surface area contributed by atoms with E-state index in [1.54, 1.807) is 7.11 Å². The summed E-state index contributed by atoms with van der Waals surface area (Å²) in [6.45, 7) is 2.69. The van der Waals surface area contributed by atoms with Gasteiger partial charge < -0.3 is 15.6 Å². The maximum atomic E-state index is 10.1. The number of benzene rings is 1. The number of hydrogen-bond donors (Lipinski definition) is 2. The second-order valence-electron chi connectivity index (χ2n) is 4.74. The summed E-state index contributed by atoms with van der Waals surface area (Å²) in [6.07, 6.45) is 3.43. The first-order valence-electron chi connectivity index (χ1n) is 6.72. The van der Waals surface area contributed by atoms with Gasteiger partial charge in [-0.2, -0.15) is 0 Å². The standard InChI is InChI=1S/C15H25NO2/c1-3-4-13(11-16)15(17)10-7-12-5-8-14(18-2)9-6-12/h5-6,8-9,13,15,17H,3-4,7,10-11,16H2,1-2H3. The zero-order valence-electron chi connectivity index (χ0n) is 11.4. The molecule has 2 unspecified atom stereocenters. The normalized spacial score (nSPS) is 14.2. The topological polar surface area (TPSA) is 55.5 Å². The van der Waals surface area contributed by atoms with E-state index in [2.05, 4.69) is 6.92 Å². The van der Waals surface area contributed by atoms with Crippen LogP contribution in [-0.2, 0) is 6.42 Å². The van der Waals surface area contributed by atoms with Crippen molar-refractivity contribution in [1.29, 1.82) is 0 Å². The summed E-state index contributed by atoms with van der Waals surface area (Å²) in [5, 5.41) is 10.1. The first-order valence-corrected chi connectivity index (χ1v) is 6.72. The summed E-state index contributed by atoms with van der Waals surface area (Å²) in [4.78, 5) is 0. The Bertz CT molecular complexity index is 324. The van der Waals surface area contributed by atoms with Gasteiger partial charge in [-0.25, -0.2) is 0 Å². The quantitative estimate of drug-likeness (QED) is 0.745. The second kappa shape index (κ2) is 8.11. The summed E-state index contributed by atoms with van der Waals surface area (Å²) >= 11 is 0. The van der Waals surface area contributed by atoms with Gasteiger partial charge in [0.2, 0.25) is 0 Å². The van der Waals surface area contributed by atoms with E-state index in [-0.39, 0.29) is 12.0 Å². The van der Waals surface area contributed by atoms with Crippen molar-refractivity contribution in [3.63, 3.8) is 0 Å². The number of aliphatic hydroxyl groups excluding tert-OH is 1. The van der Waals surface area contributed by atoms with Crippen LogP contribution in [0.3, 0.4) is 0 Å². The van der Waals surface area contributed by atoms with Gasteiger partial charge in [-0.3, -0.25) is 0 Å². The van der Waals surface area contributed by atoms with Crippen LogP contribution in [0.2, 0.25) is 0 Å². The summed E-state index contributed by atoms with van der Waals surface area (Å²) in [5.74, 6) is 1.10. The molecule has 3 heteroatoms. The van der Waals surface area contributed by atoms with E-state index in [1.165, 1.54) is 5.56 Å². The largest absolute Gasteiger partial charge is 0.497 e. The van der Waals surface area contributed by atoms with Gasteiger partial charge in [0.1, 0.15) is 5.75 Å². The number of ether oxygens (including phenoxy) is 1. The monoisotopic (exact) mass is 251 g/mol. The molecule has 0 heterocycles. The van der Waals surface area contributed by atoms with Crippen LogP contribution >= 0.6 is 0 Å². The van der Waals surface area contributed by atoms with Crippen molar-refractivity contribution in [2.75, 3.05) is 13.7 Å². The van der Waals surface area contributed by atoms with Crippen molar-refractivity contribution < 1.29 is 9.84 Å². The highest BCUT2D eigenvalue weighted by atomic mass is 16.5. The summed E-state index contributed by atoms with van der Waals surface area (Å²) in [6, 6.07) is 7.99. The second-order valence-corrected chi connectivity index (χ2v) is 4.74. The van der Waals surface area contributed by atoms with Gasteiger partial charge in [0.05, 0.1) is 13.2 Å². The lowest BCUT2D eigenvalue weighted by atomic mass is 9.93. The highest BCUT2D eigenvalue weighted by molar-refractivity contribution is 5.27. The molecule has 2 atom stereocenters. The van der Waals surface area contributed by atoms with E-state index < -0.39 is 0 Å². The van der Waals surface area contributed by atoms with E-state index >= 15 is 0 Å². The van der Waals surface area contributed by atoms with E-state index in [9.17, 15) is 5.11 Å². The number of nitrogens with two attached hydrogens (primary N) is 1. The lowest BCUT2D eigenvalue weighted by Crippen LogP contribution is -2.28. The van der Waals surface area contributed by atoms with Crippen LogP contribution in [0.5, 0.6) is 5.75 Å². The first-order chi connectivity index (χ1) is 8.71. The Morgan fingerprint density at radius 1 is 1.22 bits per heavy atom. The molecule has 0 aliphatic heterocycles. The highest BCUT2D eigenvalue weighted by Gasteiger charge is 2.16. The molecule has 1 aromatic carbocycles. The van der Waals surface area contributed by atoms with Crippen molar-refractivity contribution in [2.24, 2.45) is 11.7 Å². The van der Waals surface area contributed by atoms with Gasteiger partial charge in [0.25, 0.3) is 0 Å². The van der Waals surface area contributed by atoms with Crippen LogP contribution in [-0.4, -0.2) is 24.9 Å². The molecule has 0 saturated carbocycles. The molecule has 0 amide bonds. The molecule has 0 bridgehead atoms. The minimum Gasteiger partial charge on any atom is -0.497 e. The smallest absolute Gasteiger partial charge is 0.118 e. The van der Waals surface area contributed by atoms with E-state index in [1.807, 2.05) is 24.3 Å². The Morgan fingerprint density at radius 2 is 1.89 bits per heavy atom. The van der Waals surface area contributed by atoms with E-state index in [0.717, 1.165) is 31.4 Å². The van der Waals surface area contributed by atoms with Crippen LogP contribution in [0.1, 0.15) is 31.7 Å². The molecule has 1 rings (SSSR count). The molecule has 3 N–H and O–H groups in total. The number of aliphatic hydroxyl groups is 1. The fraction of sp³-hybridized carbons (Fsp3) is 0.600. The molecule has 18 heavy (non-hydrogen) atoms. The fourth-order valence-electron chi connectivity index (χ4n) is 2.18. The highest BCUT2D eigenvalue weighted by Crippen LogP contribution is 2.17. The Labute approximate surface area is 110 Å². The lowest BCUT2D eigenvalue weighted by molar-refractivity contribution is 0.0977. The third-order valence-electron chi connectivity index (χ3n) is 3.39. The van der Waals surface area contributed by atoms with Crippen molar-refractivity contribution in [2.45, 2.75) is 38.7 Å². The van der Waals surface area contributed by atoms with Gasteiger partial charge in [0.15, 0.2) is 0 Å². The SMILES string of the molecule is CCCC(CN)C(O)CCc1ccc(OC)cc1. The Morgan fingerprint density at radius 3 is 2.39 bits per heavy atom. The molecule has 0 aliphatic carbocycles. The third-order valence-corrected chi connectivity index (χ3v) is 3.39. The molecule has 0 radical (unpaired) electrons. The van der Waals surface area contributed by atoms with Gasteiger partial charge in [0, 0.05) is 0 Å². The van der Waals surface area contributed by atoms with Crippen LogP contribution in [0.25, 0.3) is 0 Å². The van der Waals surface area contributed by atoms with Crippen molar-refractivity contribution in [1.82, 2.24) is 0 Å². The van der Waals surface area contributed by atoms with Crippen LogP contribution < -0.4 is 10.5 Å². The van der Waals surface area contributed by atoms with Crippen LogP contribution in [0, 0.1) is 5.92 Å². The van der Waals surface area contributed by atoms with E-state index in [4.69, 9.17) is 10.5 Å². The summed E-state index contributed by atoms with van der Waals surface area (Å²) in [7, 11) is 1.66. The summed E-state index contributed by atoms with van der Waals surface area (Å²) in [5.41, 5.74) is 6.91. The van der Waals surface area contributed by atoms with Crippen molar-refractivity contribution >= 4 is 0 Å². The molecular weight excluding hydrogens is 226 g/mol. The predicted molar refractivity (Wildman–Crippen MR) is 74.8 cm³/mol. The zero-order valence-corrected chi connectivity index (χ0v) is 11.4. The number of methoxy groups -OCH3 is 1. The molecule has 1 aromatic rings. The van der Waals surface area contributed by atoms with Crippen LogP contribution in [0.15, 0.2) is 24.3 Å². The van der Waals surface area contributed by atoms with Gasteiger partial charge in [-0.15, -0.1) is 0 Å². The first kappa shape index (κ1) is 15.0. The fourth-order valence-corrected chi connectivity index (χ4v) is 2.18. The Hall–Kier alpha value is -1.06. The minimum atomic E-state index is -0.294. The van der Waals surface area contributed by atoms with E-state index in [0.29, 0.717) is 6.54 Å². The average molecular weight is 251 g/mol. The van der Waals surface area contributed by atoms with Gasteiger partial charge in [-0.05, 0) is 49.4 Å². The van der Waals surface area contributed by atoms with Crippen molar-refractivity contribution in [3.8, 4) is 5.75 Å². The molecule has 102 valence electrons. The lowest BCUT2D eigenvalue weighted by Gasteiger charge is -2.20. The van der Waals surface area contributed by atoms with Gasteiger partial charge >= 0.3 is 0 Å². The number of hydrogen-bond acceptors (Lipinski definition) is 3. The maximum Gasteiger partial charge on any atom is 0.118 e. The molecular formula is C15H25NO2. The van der Waals surface area contributed by atoms with Gasteiger partial charge in [-0.1, -0.05) is 25.5 Å². The van der Waals surface area contributed by atoms with Crippen molar-refractivity contribution in [3.05, 3.63) is 29.8 Å². The molecule has 0 fully saturated rings. The molecule has 0 aliphatic rings. The predicted octanol–water partition coefficient (Wildman–Crippen LogP) is 2.36. The molecule has 0 saturated heterocycles. The maximum absolute atomic E-state index is 10.1. The Balaban J connectivity index is 2.42. The number of aryl methyl sites for hydroxylation is 1. The number of rotatable bonds is 8. The third kappa shape index (κ3) is 4.67. The minimum absolute atomic E-state index is 0.230. The average Bonchev–Trinajstić information content (AvgIpc) is 2.42. The zero-order chi connectivity index (χ0) is 13.4. The molecule has 0 spiro atoms. The summed E-state index contributed by atoms with van der Waals surface area (Å²) < 4.78 is 5.12. The molecule has 3 nitrogen and oxygen atoms in total. The molecule has 0 aromatic heterocycles. The Kier molecular flexibility index (Phi) is 6.76. The van der Waals surface area contributed by atoms with Crippen LogP contribution in [0.4, 0.5) is 0 Å².